The van der Waals surface area contributed by atoms with Gasteiger partial charge in [-0.05, 0) is 30.0 Å². The number of benzene rings is 1. The zero-order valence-corrected chi connectivity index (χ0v) is 9.41. The first-order valence-corrected chi connectivity index (χ1v) is 5.62. The summed E-state index contributed by atoms with van der Waals surface area (Å²) in [6.45, 7) is 5.52. The van der Waals surface area contributed by atoms with E-state index in [4.69, 9.17) is 16.3 Å². The van der Waals surface area contributed by atoms with Gasteiger partial charge in [-0.1, -0.05) is 29.8 Å². The molecule has 0 N–H and O–H groups in total. The molecule has 0 aromatic heterocycles. The highest BCUT2D eigenvalue weighted by Crippen LogP contribution is 2.25. The molecule has 2 atom stereocenters. The molecular formula is C13H15ClO. The van der Waals surface area contributed by atoms with E-state index in [9.17, 15) is 0 Å². The third kappa shape index (κ3) is 2.61. The molecular weight excluding hydrogens is 208 g/mol. The van der Waals surface area contributed by atoms with E-state index >= 15 is 0 Å². The Kier molecular flexibility index (Phi) is 3.45. The van der Waals surface area contributed by atoms with Crippen molar-refractivity contribution in [3.8, 4) is 0 Å². The maximum Gasteiger partial charge on any atom is 0.0532 e. The Bertz CT molecular complexity index is 331. The molecule has 0 spiro atoms. The van der Waals surface area contributed by atoms with Gasteiger partial charge in [0, 0.05) is 10.9 Å². The zero-order chi connectivity index (χ0) is 10.7. The molecule has 1 aromatic carbocycles. The summed E-state index contributed by atoms with van der Waals surface area (Å²) in [6, 6.07) is 8.05. The molecule has 15 heavy (non-hydrogen) atoms. The summed E-state index contributed by atoms with van der Waals surface area (Å²) in [7, 11) is 0. The molecule has 2 heteroatoms. The standard InChI is InChI=1S/C13H15ClO/c1-2-11-8-15-9-12(11)7-10-3-5-13(14)6-4-10/h2-6,11-12H,1,7-9H2/t11-,12-/m1/s1. The molecule has 1 saturated heterocycles. The van der Waals surface area contributed by atoms with Crippen LogP contribution in [0.1, 0.15) is 5.56 Å². The van der Waals surface area contributed by atoms with Crippen molar-refractivity contribution in [1.29, 1.82) is 0 Å². The van der Waals surface area contributed by atoms with Crippen molar-refractivity contribution in [2.45, 2.75) is 6.42 Å². The van der Waals surface area contributed by atoms with Crippen molar-refractivity contribution >= 4 is 11.6 Å². The van der Waals surface area contributed by atoms with Gasteiger partial charge in [0.25, 0.3) is 0 Å². The van der Waals surface area contributed by atoms with E-state index < -0.39 is 0 Å². The molecule has 0 bridgehead atoms. The predicted octanol–water partition coefficient (Wildman–Crippen LogP) is 3.33. The molecule has 1 fully saturated rings. The van der Waals surface area contributed by atoms with Crippen LogP contribution in [-0.2, 0) is 11.2 Å². The van der Waals surface area contributed by atoms with Gasteiger partial charge in [-0.2, -0.15) is 0 Å². The second-order valence-electron chi connectivity index (χ2n) is 4.03. The summed E-state index contributed by atoms with van der Waals surface area (Å²) in [5, 5.41) is 0.793. The molecule has 1 nitrogen and oxygen atoms in total. The first kappa shape index (κ1) is 10.7. The van der Waals surface area contributed by atoms with Gasteiger partial charge in [0.05, 0.1) is 13.2 Å². The fraction of sp³-hybridized carbons (Fsp3) is 0.385. The van der Waals surface area contributed by atoms with Crippen LogP contribution in [0.4, 0.5) is 0 Å². The van der Waals surface area contributed by atoms with Crippen LogP contribution in [0.5, 0.6) is 0 Å². The number of ether oxygens (including phenoxy) is 1. The highest BCUT2D eigenvalue weighted by molar-refractivity contribution is 6.30. The van der Waals surface area contributed by atoms with E-state index in [1.807, 2.05) is 18.2 Å². The molecule has 1 heterocycles. The highest BCUT2D eigenvalue weighted by Gasteiger charge is 2.25. The summed E-state index contributed by atoms with van der Waals surface area (Å²) < 4.78 is 5.46. The van der Waals surface area contributed by atoms with Crippen LogP contribution in [0.2, 0.25) is 5.02 Å². The maximum absolute atomic E-state index is 5.84. The Labute approximate surface area is 95.7 Å². The van der Waals surface area contributed by atoms with Crippen LogP contribution >= 0.6 is 11.6 Å². The monoisotopic (exact) mass is 222 g/mol. The van der Waals surface area contributed by atoms with Gasteiger partial charge in [-0.25, -0.2) is 0 Å². The topological polar surface area (TPSA) is 9.23 Å². The van der Waals surface area contributed by atoms with Crippen molar-refractivity contribution in [2.24, 2.45) is 11.8 Å². The van der Waals surface area contributed by atoms with Gasteiger partial charge in [0.2, 0.25) is 0 Å². The smallest absolute Gasteiger partial charge is 0.0532 e. The van der Waals surface area contributed by atoms with E-state index in [-0.39, 0.29) is 0 Å². The van der Waals surface area contributed by atoms with E-state index in [2.05, 4.69) is 18.7 Å². The van der Waals surface area contributed by atoms with Gasteiger partial charge in [0.15, 0.2) is 0 Å². The van der Waals surface area contributed by atoms with Gasteiger partial charge in [0.1, 0.15) is 0 Å². The van der Waals surface area contributed by atoms with Crippen molar-refractivity contribution in [2.75, 3.05) is 13.2 Å². The lowest BCUT2D eigenvalue weighted by molar-refractivity contribution is 0.183. The highest BCUT2D eigenvalue weighted by atomic mass is 35.5. The van der Waals surface area contributed by atoms with Crippen LogP contribution < -0.4 is 0 Å². The first-order valence-electron chi connectivity index (χ1n) is 5.24. The quantitative estimate of drug-likeness (QED) is 0.713. The van der Waals surface area contributed by atoms with Crippen LogP contribution in [0.25, 0.3) is 0 Å². The van der Waals surface area contributed by atoms with E-state index in [1.54, 1.807) is 0 Å². The van der Waals surface area contributed by atoms with Crippen molar-refractivity contribution in [3.63, 3.8) is 0 Å². The fourth-order valence-corrected chi connectivity index (χ4v) is 2.14. The average molecular weight is 223 g/mol. The van der Waals surface area contributed by atoms with Gasteiger partial charge < -0.3 is 4.74 Å². The molecule has 0 unspecified atom stereocenters. The lowest BCUT2D eigenvalue weighted by Gasteiger charge is -2.13. The minimum Gasteiger partial charge on any atom is -0.381 e. The third-order valence-electron chi connectivity index (χ3n) is 2.96. The van der Waals surface area contributed by atoms with Crippen molar-refractivity contribution in [1.82, 2.24) is 0 Å². The minimum atomic E-state index is 0.501. The number of halogens is 1. The van der Waals surface area contributed by atoms with E-state index in [0.29, 0.717) is 11.8 Å². The van der Waals surface area contributed by atoms with Crippen molar-refractivity contribution in [3.05, 3.63) is 47.5 Å². The predicted molar refractivity (Wildman–Crippen MR) is 63.2 cm³/mol. The van der Waals surface area contributed by atoms with E-state index in [0.717, 1.165) is 24.7 Å². The first-order chi connectivity index (χ1) is 7.29. The number of rotatable bonds is 3. The summed E-state index contributed by atoms with van der Waals surface area (Å²) in [6.07, 6.45) is 3.06. The van der Waals surface area contributed by atoms with Gasteiger partial charge in [-0.15, -0.1) is 6.58 Å². The Morgan fingerprint density at radius 1 is 1.33 bits per heavy atom. The molecule has 0 saturated carbocycles. The lowest BCUT2D eigenvalue weighted by atomic mass is 9.90. The molecule has 0 aliphatic carbocycles. The molecule has 2 rings (SSSR count). The second kappa shape index (κ2) is 4.82. The molecule has 80 valence electrons. The Morgan fingerprint density at radius 3 is 2.73 bits per heavy atom. The summed E-state index contributed by atoms with van der Waals surface area (Å²) in [4.78, 5) is 0. The SMILES string of the molecule is C=C[C@@H]1COC[C@H]1Cc1ccc(Cl)cc1. The van der Waals surface area contributed by atoms with Crippen LogP contribution in [-0.4, -0.2) is 13.2 Å². The normalized spacial score (nSPS) is 25.4. The van der Waals surface area contributed by atoms with Crippen LogP contribution in [0.3, 0.4) is 0 Å². The summed E-state index contributed by atoms with van der Waals surface area (Å²) >= 11 is 5.84. The Hall–Kier alpha value is -0.790. The molecule has 1 aliphatic heterocycles. The molecule has 0 amide bonds. The third-order valence-corrected chi connectivity index (χ3v) is 3.21. The Morgan fingerprint density at radius 2 is 2.07 bits per heavy atom. The second-order valence-corrected chi connectivity index (χ2v) is 4.46. The van der Waals surface area contributed by atoms with Crippen molar-refractivity contribution < 1.29 is 4.74 Å². The lowest BCUT2D eigenvalue weighted by Crippen LogP contribution is -2.12. The Balaban J connectivity index is 2.02. The molecule has 1 aromatic rings. The van der Waals surface area contributed by atoms with Crippen LogP contribution in [0, 0.1) is 11.8 Å². The largest absolute Gasteiger partial charge is 0.381 e. The number of hydrogen-bond donors (Lipinski definition) is 0. The average Bonchev–Trinajstić information content (AvgIpc) is 2.69. The number of hydrogen-bond acceptors (Lipinski definition) is 1. The zero-order valence-electron chi connectivity index (χ0n) is 8.66. The summed E-state index contributed by atoms with van der Waals surface area (Å²) in [5.41, 5.74) is 1.32. The summed E-state index contributed by atoms with van der Waals surface area (Å²) in [5.74, 6) is 1.07. The van der Waals surface area contributed by atoms with Gasteiger partial charge in [-0.3, -0.25) is 0 Å². The molecule has 0 radical (unpaired) electrons. The fourth-order valence-electron chi connectivity index (χ4n) is 2.01. The van der Waals surface area contributed by atoms with Gasteiger partial charge >= 0.3 is 0 Å². The molecule has 1 aliphatic rings. The van der Waals surface area contributed by atoms with E-state index in [1.165, 1.54) is 5.56 Å². The maximum atomic E-state index is 5.84. The van der Waals surface area contributed by atoms with Crippen LogP contribution in [0.15, 0.2) is 36.9 Å². The minimum absolute atomic E-state index is 0.501.